The van der Waals surface area contributed by atoms with E-state index in [0.717, 1.165) is 10.6 Å². The maximum absolute atomic E-state index is 12.5. The van der Waals surface area contributed by atoms with Crippen LogP contribution in [0.25, 0.3) is 0 Å². The Labute approximate surface area is 142 Å². The highest BCUT2D eigenvalue weighted by Crippen LogP contribution is 2.36. The molecule has 0 unspecified atom stereocenters. The van der Waals surface area contributed by atoms with Gasteiger partial charge in [0.15, 0.2) is 0 Å². The molecule has 0 heterocycles. The lowest BCUT2D eigenvalue weighted by Crippen LogP contribution is -2.13. The molecule has 2 aromatic carbocycles. The average Bonchev–Trinajstić information content (AvgIpc) is 2.55. The summed E-state index contributed by atoms with van der Waals surface area (Å²) in [6, 6.07) is 11.0. The molecule has 0 saturated carbocycles. The molecule has 6 heteroatoms. The van der Waals surface area contributed by atoms with Crippen LogP contribution >= 0.6 is 27.7 Å². The van der Waals surface area contributed by atoms with Crippen LogP contribution in [0.4, 0.5) is 5.69 Å². The van der Waals surface area contributed by atoms with E-state index in [9.17, 15) is 4.79 Å². The normalized spacial score (nSPS) is 10.2. The summed E-state index contributed by atoms with van der Waals surface area (Å²) in [4.78, 5) is 13.5. The quantitative estimate of drug-likeness (QED) is 0.777. The number of anilines is 1. The van der Waals surface area contributed by atoms with Crippen molar-refractivity contribution in [3.05, 3.63) is 46.4 Å². The summed E-state index contributed by atoms with van der Waals surface area (Å²) in [6.45, 7) is 0. The number of hydrogen-bond donors (Lipinski definition) is 1. The Kier molecular flexibility index (Phi) is 5.74. The molecule has 0 atom stereocenters. The van der Waals surface area contributed by atoms with Crippen LogP contribution in [0.1, 0.15) is 10.4 Å². The Balaban J connectivity index is 2.33. The SMILES string of the molecule is COc1cc(C(=O)Nc2ccccc2SC)cc(OC)c1Br. The van der Waals surface area contributed by atoms with Gasteiger partial charge in [-0.15, -0.1) is 11.8 Å². The maximum atomic E-state index is 12.5. The fourth-order valence-electron chi connectivity index (χ4n) is 1.94. The molecule has 2 rings (SSSR count). The summed E-state index contributed by atoms with van der Waals surface area (Å²) in [5.41, 5.74) is 1.24. The summed E-state index contributed by atoms with van der Waals surface area (Å²) in [5.74, 6) is 0.871. The molecule has 0 spiro atoms. The van der Waals surface area contributed by atoms with E-state index >= 15 is 0 Å². The number of methoxy groups -OCH3 is 2. The van der Waals surface area contributed by atoms with Crippen molar-refractivity contribution in [3.63, 3.8) is 0 Å². The molecule has 4 nitrogen and oxygen atoms in total. The minimum absolute atomic E-state index is 0.217. The van der Waals surface area contributed by atoms with E-state index in [4.69, 9.17) is 9.47 Å². The van der Waals surface area contributed by atoms with Crippen molar-refractivity contribution >= 4 is 39.3 Å². The molecule has 2 aromatic rings. The summed E-state index contributed by atoms with van der Waals surface area (Å²) < 4.78 is 11.2. The molecule has 0 aliphatic heterocycles. The lowest BCUT2D eigenvalue weighted by molar-refractivity contribution is 0.102. The number of carbonyl (C=O) groups excluding carboxylic acids is 1. The lowest BCUT2D eigenvalue weighted by atomic mass is 10.1. The number of thioether (sulfide) groups is 1. The first kappa shape index (κ1) is 16.7. The average molecular weight is 382 g/mol. The molecule has 22 heavy (non-hydrogen) atoms. The Morgan fingerprint density at radius 1 is 1.14 bits per heavy atom. The van der Waals surface area contributed by atoms with Gasteiger partial charge in [0.25, 0.3) is 5.91 Å². The van der Waals surface area contributed by atoms with Crippen molar-refractivity contribution in [3.8, 4) is 11.5 Å². The summed E-state index contributed by atoms with van der Waals surface area (Å²) >= 11 is 4.97. The number of benzene rings is 2. The monoisotopic (exact) mass is 381 g/mol. The molecular formula is C16H16BrNO3S. The summed E-state index contributed by atoms with van der Waals surface area (Å²) in [6.07, 6.45) is 1.97. The zero-order chi connectivity index (χ0) is 16.1. The van der Waals surface area contributed by atoms with Crippen molar-refractivity contribution in [1.29, 1.82) is 0 Å². The Morgan fingerprint density at radius 3 is 2.27 bits per heavy atom. The molecule has 1 amide bonds. The van der Waals surface area contributed by atoms with E-state index in [1.807, 2.05) is 30.5 Å². The van der Waals surface area contributed by atoms with Gasteiger partial charge < -0.3 is 14.8 Å². The molecule has 0 radical (unpaired) electrons. The largest absolute Gasteiger partial charge is 0.495 e. The van der Waals surface area contributed by atoms with E-state index in [0.29, 0.717) is 21.5 Å². The third kappa shape index (κ3) is 3.56. The van der Waals surface area contributed by atoms with Crippen molar-refractivity contribution in [2.24, 2.45) is 0 Å². The van der Waals surface area contributed by atoms with Gasteiger partial charge >= 0.3 is 0 Å². The van der Waals surface area contributed by atoms with Crippen LogP contribution in [0, 0.1) is 0 Å². The van der Waals surface area contributed by atoms with Crippen LogP contribution in [-0.4, -0.2) is 26.4 Å². The standard InChI is InChI=1S/C16H16BrNO3S/c1-20-12-8-10(9-13(21-2)15(12)17)16(19)18-11-6-4-5-7-14(11)22-3/h4-9H,1-3H3,(H,18,19). The number of halogens is 1. The number of hydrogen-bond acceptors (Lipinski definition) is 4. The summed E-state index contributed by atoms with van der Waals surface area (Å²) in [7, 11) is 3.09. The van der Waals surface area contributed by atoms with Gasteiger partial charge in [0.1, 0.15) is 16.0 Å². The van der Waals surface area contributed by atoms with Crippen LogP contribution in [0.5, 0.6) is 11.5 Å². The van der Waals surface area contributed by atoms with Gasteiger partial charge in [-0.05, 0) is 46.5 Å². The molecular weight excluding hydrogens is 366 g/mol. The zero-order valence-electron chi connectivity index (χ0n) is 12.5. The molecule has 116 valence electrons. The number of ether oxygens (including phenoxy) is 2. The minimum atomic E-state index is -0.217. The zero-order valence-corrected chi connectivity index (χ0v) is 14.9. The van der Waals surface area contributed by atoms with Gasteiger partial charge in [-0.1, -0.05) is 12.1 Å². The first-order valence-corrected chi connectivity index (χ1v) is 8.48. The van der Waals surface area contributed by atoms with Gasteiger partial charge in [0, 0.05) is 10.5 Å². The van der Waals surface area contributed by atoms with Crippen LogP contribution in [-0.2, 0) is 0 Å². The first-order valence-electron chi connectivity index (χ1n) is 6.46. The van der Waals surface area contributed by atoms with Crippen molar-refractivity contribution in [1.82, 2.24) is 0 Å². The summed E-state index contributed by atoms with van der Waals surface area (Å²) in [5, 5.41) is 2.91. The van der Waals surface area contributed by atoms with Crippen LogP contribution in [0.2, 0.25) is 0 Å². The third-order valence-corrected chi connectivity index (χ3v) is 4.64. The third-order valence-electron chi connectivity index (χ3n) is 3.06. The van der Waals surface area contributed by atoms with Crippen molar-refractivity contribution in [2.45, 2.75) is 4.90 Å². The van der Waals surface area contributed by atoms with Gasteiger partial charge in [-0.2, -0.15) is 0 Å². The Hall–Kier alpha value is -1.66. The van der Waals surface area contributed by atoms with E-state index in [-0.39, 0.29) is 5.91 Å². The predicted octanol–water partition coefficient (Wildman–Crippen LogP) is 4.44. The van der Waals surface area contributed by atoms with Gasteiger partial charge in [-0.3, -0.25) is 4.79 Å². The highest BCUT2D eigenvalue weighted by Gasteiger charge is 2.15. The highest BCUT2D eigenvalue weighted by atomic mass is 79.9. The fourth-order valence-corrected chi connectivity index (χ4v) is 3.05. The van der Waals surface area contributed by atoms with Gasteiger partial charge in [0.2, 0.25) is 0 Å². The molecule has 1 N–H and O–H groups in total. The molecule has 0 saturated heterocycles. The molecule has 0 aromatic heterocycles. The molecule has 0 fully saturated rings. The van der Waals surface area contributed by atoms with Crippen molar-refractivity contribution in [2.75, 3.05) is 25.8 Å². The van der Waals surface area contributed by atoms with E-state index < -0.39 is 0 Å². The predicted molar refractivity (Wildman–Crippen MR) is 93.4 cm³/mol. The van der Waals surface area contributed by atoms with Crippen LogP contribution in [0.15, 0.2) is 45.8 Å². The number of nitrogens with one attached hydrogen (secondary N) is 1. The number of rotatable bonds is 5. The number of amides is 1. The minimum Gasteiger partial charge on any atom is -0.495 e. The number of para-hydroxylation sites is 1. The lowest BCUT2D eigenvalue weighted by Gasteiger charge is -2.13. The van der Waals surface area contributed by atoms with Crippen molar-refractivity contribution < 1.29 is 14.3 Å². The Bertz CT molecular complexity index is 666. The smallest absolute Gasteiger partial charge is 0.255 e. The van der Waals surface area contributed by atoms with E-state index in [1.165, 1.54) is 0 Å². The first-order chi connectivity index (χ1) is 10.6. The topological polar surface area (TPSA) is 47.6 Å². The molecule has 0 aliphatic carbocycles. The van der Waals surface area contributed by atoms with E-state index in [2.05, 4.69) is 21.2 Å². The van der Waals surface area contributed by atoms with Crippen LogP contribution < -0.4 is 14.8 Å². The molecule has 0 aliphatic rings. The maximum Gasteiger partial charge on any atom is 0.255 e. The highest BCUT2D eigenvalue weighted by molar-refractivity contribution is 9.10. The fraction of sp³-hybridized carbons (Fsp3) is 0.188. The van der Waals surface area contributed by atoms with E-state index in [1.54, 1.807) is 38.1 Å². The second-order valence-corrected chi connectivity index (χ2v) is 5.99. The Morgan fingerprint density at radius 2 is 1.73 bits per heavy atom. The molecule has 0 bridgehead atoms. The number of carbonyl (C=O) groups is 1. The van der Waals surface area contributed by atoms with Gasteiger partial charge in [0.05, 0.1) is 19.9 Å². The second-order valence-electron chi connectivity index (χ2n) is 4.35. The van der Waals surface area contributed by atoms with Gasteiger partial charge in [-0.25, -0.2) is 0 Å². The second kappa shape index (κ2) is 7.56. The van der Waals surface area contributed by atoms with Crippen LogP contribution in [0.3, 0.4) is 0 Å².